The minimum Gasteiger partial charge on any atom is -0.748 e. The van der Waals surface area contributed by atoms with Crippen molar-refractivity contribution < 1.29 is 25.6 Å². The molecule has 2 heterocycles. The van der Waals surface area contributed by atoms with Crippen molar-refractivity contribution in [3.05, 3.63) is 103 Å². The maximum absolute atomic E-state index is 9.78. The zero-order chi connectivity index (χ0) is 36.2. The molecule has 3 N–H and O–H groups in total. The largest absolute Gasteiger partial charge is 0.748 e. The average Bonchev–Trinajstić information content (AvgIpc) is 3.09. The molecule has 6 aromatic carbocycles. The number of fused-ring (bicyclic) bond motifs is 12. The molecule has 16 heteroatoms. The smallest absolute Gasteiger partial charge is 0.264 e. The number of aromatic nitrogens is 6. The molecule has 0 amide bonds. The van der Waals surface area contributed by atoms with E-state index in [1.807, 2.05) is 66.7 Å². The highest BCUT2D eigenvalue weighted by molar-refractivity contribution is 7.86. The molecule has 0 aliphatic rings. The molecule has 0 saturated heterocycles. The Morgan fingerprint density at radius 1 is 0.620 bits per heavy atom. The van der Waals surface area contributed by atoms with E-state index in [0.29, 0.717) is 6.26 Å². The van der Waals surface area contributed by atoms with Crippen molar-refractivity contribution in [3.8, 4) is 0 Å². The van der Waals surface area contributed by atoms with E-state index in [4.69, 9.17) is 24.1 Å². The lowest BCUT2D eigenvalue weighted by Crippen LogP contribution is -2.22. The fourth-order valence-corrected chi connectivity index (χ4v) is 5.25. The van der Waals surface area contributed by atoms with Gasteiger partial charge in [0.25, 0.3) is 10.1 Å². The number of hydrogen-bond donors (Lipinski definition) is 2. The first-order valence-corrected chi connectivity index (χ1v) is 18.3. The van der Waals surface area contributed by atoms with E-state index in [-0.39, 0.29) is 11.6 Å². The van der Waals surface area contributed by atoms with Gasteiger partial charge in [-0.05, 0) is 21.5 Å². The molecule has 14 nitrogen and oxygen atoms in total. The monoisotopic (exact) mass is 711 g/mol. The first-order valence-electron chi connectivity index (χ1n) is 14.7. The molecule has 256 valence electrons. The summed E-state index contributed by atoms with van der Waals surface area (Å²) >= 11 is 0. The second-order valence-corrected chi connectivity index (χ2v) is 14.0. The standard InChI is InChI=1S/C16H12N4.C15H10N4.C2H6O3S.CH4O3S/c1-20-16(17)18-14-12-8-4-2-6-10(12)11-7-3-5-9-13(11)15(14)19-20;16-15-17-13-11-7-3-1-5-9(11)10-6-2-4-8-12(10)14(13)18-19-15;1-5-6(2,3)4;1-5(2,3)4/h2-9,17H,1H3;1-8H,(H2,16,17,19);1-2H3;1H3,(H,2,3,4)/p-1. The Labute approximate surface area is 286 Å². The Balaban J connectivity index is 0.000000151. The van der Waals surface area contributed by atoms with E-state index in [9.17, 15) is 8.42 Å². The van der Waals surface area contributed by atoms with Crippen LogP contribution in [-0.2, 0) is 31.5 Å². The quantitative estimate of drug-likeness (QED) is 0.137. The molecule has 0 bridgehead atoms. The van der Waals surface area contributed by atoms with Gasteiger partial charge in [0, 0.05) is 34.8 Å². The van der Waals surface area contributed by atoms with Gasteiger partial charge in [-0.25, -0.2) is 23.1 Å². The molecular weight excluding hydrogens is 681 g/mol. The molecule has 0 saturated carbocycles. The third-order valence-corrected chi connectivity index (χ3v) is 7.92. The Kier molecular flexibility index (Phi) is 10.3. The highest BCUT2D eigenvalue weighted by Gasteiger charge is 2.12. The van der Waals surface area contributed by atoms with E-state index >= 15 is 0 Å². The van der Waals surface area contributed by atoms with E-state index in [0.717, 1.165) is 73.1 Å². The molecule has 2 aromatic heterocycles. The summed E-state index contributed by atoms with van der Waals surface area (Å²) in [5.41, 5.74) is 9.08. The van der Waals surface area contributed by atoms with Crippen molar-refractivity contribution in [1.29, 1.82) is 5.41 Å². The topological polar surface area (TPSA) is 220 Å². The van der Waals surface area contributed by atoms with Gasteiger partial charge in [0.05, 0.1) is 23.5 Å². The zero-order valence-corrected chi connectivity index (χ0v) is 28.9. The third-order valence-electron chi connectivity index (χ3n) is 7.31. The van der Waals surface area contributed by atoms with Gasteiger partial charge in [-0.3, -0.25) is 9.59 Å². The Hall–Kier alpha value is -5.68. The molecule has 8 aromatic rings. The maximum atomic E-state index is 9.78. The minimum atomic E-state index is -3.92. The Morgan fingerprint density at radius 2 is 0.940 bits per heavy atom. The summed E-state index contributed by atoms with van der Waals surface area (Å²) in [6.45, 7) is 0. The first-order chi connectivity index (χ1) is 23.7. The van der Waals surface area contributed by atoms with Crippen molar-refractivity contribution in [2.75, 3.05) is 25.4 Å². The molecule has 0 fully saturated rings. The van der Waals surface area contributed by atoms with E-state index in [1.54, 1.807) is 7.05 Å². The SMILES string of the molecule is COS(C)(=O)=O.CS(=O)(=O)[O-].Cn1nc2c3ccccc3c3ccccc3c2nc1=N.Nc1nnc2c3ccccc3c3ccccc3c2n1. The van der Waals surface area contributed by atoms with E-state index < -0.39 is 20.2 Å². The second kappa shape index (κ2) is 14.4. The molecule has 0 radical (unpaired) electrons. The molecule has 0 spiro atoms. The van der Waals surface area contributed by atoms with Crippen LogP contribution in [0.25, 0.3) is 65.2 Å². The van der Waals surface area contributed by atoms with Gasteiger partial charge in [-0.15, -0.1) is 10.2 Å². The van der Waals surface area contributed by atoms with Crippen LogP contribution in [0, 0.1) is 5.41 Å². The number of hydrogen-bond acceptors (Lipinski definition) is 13. The summed E-state index contributed by atoms with van der Waals surface area (Å²) in [7, 11) is -4.21. The van der Waals surface area contributed by atoms with Crippen LogP contribution < -0.4 is 11.4 Å². The molecule has 0 aliphatic carbocycles. The van der Waals surface area contributed by atoms with Crippen LogP contribution in [0.1, 0.15) is 0 Å². The van der Waals surface area contributed by atoms with Gasteiger partial charge in [0.2, 0.25) is 11.6 Å². The van der Waals surface area contributed by atoms with Gasteiger partial charge < -0.3 is 10.3 Å². The van der Waals surface area contributed by atoms with Crippen molar-refractivity contribution >= 4 is 91.3 Å². The normalized spacial score (nSPS) is 11.5. The number of rotatable bonds is 1. The number of nitrogens with zero attached hydrogens (tertiary/aromatic N) is 6. The zero-order valence-electron chi connectivity index (χ0n) is 27.3. The molecule has 0 aliphatic heterocycles. The number of anilines is 1. The van der Waals surface area contributed by atoms with E-state index in [2.05, 4.69) is 59.8 Å². The van der Waals surface area contributed by atoms with Gasteiger partial charge >= 0.3 is 0 Å². The number of aryl methyl sites for hydroxylation is 1. The number of nitrogens with two attached hydrogens (primary N) is 1. The van der Waals surface area contributed by atoms with Crippen LogP contribution in [0.5, 0.6) is 0 Å². The summed E-state index contributed by atoms with van der Waals surface area (Å²) in [6.07, 6.45) is 1.60. The fraction of sp³-hybridized carbons (Fsp3) is 0.118. The lowest BCUT2D eigenvalue weighted by Gasteiger charge is -2.09. The Bertz CT molecular complexity index is 2790. The highest BCUT2D eigenvalue weighted by atomic mass is 32.2. The fourth-order valence-electron chi connectivity index (χ4n) is 5.25. The van der Waals surface area contributed by atoms with Gasteiger partial charge in [-0.1, -0.05) is 97.1 Å². The molecule has 8 rings (SSSR count). The lowest BCUT2D eigenvalue weighted by atomic mass is 10.00. The Morgan fingerprint density at radius 3 is 1.32 bits per heavy atom. The van der Waals surface area contributed by atoms with E-state index in [1.165, 1.54) is 10.1 Å². The van der Waals surface area contributed by atoms with Crippen molar-refractivity contribution in [2.24, 2.45) is 7.05 Å². The number of nitrogens with one attached hydrogen (secondary N) is 1. The molecule has 50 heavy (non-hydrogen) atoms. The molecule has 0 atom stereocenters. The van der Waals surface area contributed by atoms with Crippen molar-refractivity contribution in [2.45, 2.75) is 0 Å². The van der Waals surface area contributed by atoms with Crippen LogP contribution in [0.2, 0.25) is 0 Å². The maximum Gasteiger partial charge on any atom is 0.264 e. The molecule has 0 unspecified atom stereocenters. The van der Waals surface area contributed by atoms with Crippen molar-refractivity contribution in [1.82, 2.24) is 29.9 Å². The second-order valence-electron chi connectivity index (χ2n) is 10.9. The average molecular weight is 712 g/mol. The highest BCUT2D eigenvalue weighted by Crippen LogP contribution is 2.33. The summed E-state index contributed by atoms with van der Waals surface area (Å²) in [4.78, 5) is 8.78. The summed E-state index contributed by atoms with van der Waals surface area (Å²) < 4.78 is 52.2. The van der Waals surface area contributed by atoms with Crippen LogP contribution in [0.15, 0.2) is 97.1 Å². The summed E-state index contributed by atoms with van der Waals surface area (Å²) in [6, 6.07) is 32.7. The third kappa shape index (κ3) is 8.12. The number of nitrogen functional groups attached to an aromatic ring is 1. The predicted molar refractivity (Wildman–Crippen MR) is 194 cm³/mol. The van der Waals surface area contributed by atoms with Crippen LogP contribution in [-0.4, -0.2) is 71.0 Å². The minimum absolute atomic E-state index is 0.165. The van der Waals surface area contributed by atoms with Gasteiger partial charge in [0.1, 0.15) is 22.1 Å². The predicted octanol–water partition coefficient (Wildman–Crippen LogP) is 4.42. The summed E-state index contributed by atoms with van der Waals surface area (Å²) in [5, 5.41) is 29.4. The first kappa shape index (κ1) is 35.6. The van der Waals surface area contributed by atoms with Crippen molar-refractivity contribution in [3.63, 3.8) is 0 Å². The van der Waals surface area contributed by atoms with Crippen LogP contribution in [0.3, 0.4) is 0 Å². The summed E-state index contributed by atoms with van der Waals surface area (Å²) in [5.74, 6) is 0.202. The van der Waals surface area contributed by atoms with Gasteiger partial charge in [-0.2, -0.15) is 13.5 Å². The molecular formula is C34H31N8O6S2-. The van der Waals surface area contributed by atoms with Gasteiger partial charge in [0.15, 0.2) is 0 Å². The van der Waals surface area contributed by atoms with Crippen LogP contribution >= 0.6 is 0 Å². The number of benzene rings is 6. The van der Waals surface area contributed by atoms with Crippen LogP contribution in [0.4, 0.5) is 5.95 Å². The lowest BCUT2D eigenvalue weighted by molar-refractivity contribution is 0.403.